The molecule has 0 unspecified atom stereocenters. The Labute approximate surface area is 140 Å². The summed E-state index contributed by atoms with van der Waals surface area (Å²) in [5.74, 6) is 1.51. The van der Waals surface area contributed by atoms with Gasteiger partial charge in [-0.1, -0.05) is 18.2 Å². The monoisotopic (exact) mass is 332 g/mol. The lowest BCUT2D eigenvalue weighted by atomic mass is 9.96. The molecule has 1 aliphatic rings. The summed E-state index contributed by atoms with van der Waals surface area (Å²) in [6.07, 6.45) is 7.42. The minimum atomic E-state index is 0.214. The zero-order valence-electron chi connectivity index (χ0n) is 13.3. The number of benzene rings is 1. The van der Waals surface area contributed by atoms with Crippen LogP contribution < -0.4 is 4.74 Å². The summed E-state index contributed by atoms with van der Waals surface area (Å²) in [4.78, 5) is 1.08. The van der Waals surface area contributed by atoms with E-state index in [1.165, 1.54) is 24.0 Å². The summed E-state index contributed by atoms with van der Waals surface area (Å²) >= 11 is 1.55. The molecule has 1 aromatic carbocycles. The van der Waals surface area contributed by atoms with Gasteiger partial charge in [0.05, 0.1) is 7.11 Å². The largest absolute Gasteiger partial charge is 0.497 e. The molecule has 1 aliphatic carbocycles. The standard InChI is InChI=1S/C18H22NO3S/c1-21-15-7-10-17(11-8-15)23-18-12-9-16(22-18)13-19(20)14-5-3-2-4-6-14/h7-14,20H,2-6H2,1H3/q+1/b19-13-. The van der Waals surface area contributed by atoms with Crippen LogP contribution in [0.4, 0.5) is 0 Å². The molecule has 122 valence electrons. The molecule has 1 heterocycles. The molecule has 0 radical (unpaired) electrons. The Balaban J connectivity index is 1.64. The van der Waals surface area contributed by atoms with Crippen molar-refractivity contribution in [1.82, 2.24) is 0 Å². The van der Waals surface area contributed by atoms with Crippen molar-refractivity contribution in [2.45, 2.75) is 48.1 Å². The van der Waals surface area contributed by atoms with Crippen molar-refractivity contribution >= 4 is 18.0 Å². The highest BCUT2D eigenvalue weighted by Crippen LogP contribution is 2.30. The second kappa shape index (κ2) is 7.59. The van der Waals surface area contributed by atoms with Gasteiger partial charge in [0.2, 0.25) is 6.04 Å². The van der Waals surface area contributed by atoms with Crippen molar-refractivity contribution in [2.24, 2.45) is 0 Å². The Morgan fingerprint density at radius 1 is 1.13 bits per heavy atom. The van der Waals surface area contributed by atoms with Crippen molar-refractivity contribution < 1.29 is 19.1 Å². The molecule has 5 heteroatoms. The molecule has 0 amide bonds. The average molecular weight is 332 g/mol. The lowest BCUT2D eigenvalue weighted by Crippen LogP contribution is -2.26. The maximum absolute atomic E-state index is 10.2. The highest BCUT2D eigenvalue weighted by Gasteiger charge is 2.24. The summed E-state index contributed by atoms with van der Waals surface area (Å²) in [6.45, 7) is 0. The molecule has 1 saturated carbocycles. The fourth-order valence-electron chi connectivity index (χ4n) is 2.80. The van der Waals surface area contributed by atoms with Gasteiger partial charge in [-0.3, -0.25) is 5.21 Å². The van der Waals surface area contributed by atoms with Gasteiger partial charge in [-0.25, -0.2) is 0 Å². The van der Waals surface area contributed by atoms with E-state index in [2.05, 4.69) is 0 Å². The molecule has 0 bridgehead atoms. The Kier molecular flexibility index (Phi) is 5.28. The van der Waals surface area contributed by atoms with Gasteiger partial charge in [-0.15, -0.1) is 0 Å². The van der Waals surface area contributed by atoms with Crippen LogP contribution in [0.1, 0.15) is 37.9 Å². The highest BCUT2D eigenvalue weighted by molar-refractivity contribution is 7.99. The first kappa shape index (κ1) is 16.0. The maximum Gasteiger partial charge on any atom is 0.258 e. The number of nitrogens with zero attached hydrogens (tertiary/aromatic N) is 1. The van der Waals surface area contributed by atoms with Crippen LogP contribution in [-0.4, -0.2) is 29.3 Å². The summed E-state index contributed by atoms with van der Waals surface area (Å²) in [7, 11) is 1.66. The predicted octanol–water partition coefficient (Wildman–Crippen LogP) is 4.59. The van der Waals surface area contributed by atoms with E-state index >= 15 is 0 Å². The minimum Gasteiger partial charge on any atom is -0.497 e. The lowest BCUT2D eigenvalue weighted by molar-refractivity contribution is -0.797. The second-order valence-corrected chi connectivity index (χ2v) is 6.81. The van der Waals surface area contributed by atoms with Gasteiger partial charge in [0, 0.05) is 17.7 Å². The summed E-state index contributed by atoms with van der Waals surface area (Å²) < 4.78 is 12.3. The smallest absolute Gasteiger partial charge is 0.258 e. The first-order valence-corrected chi connectivity index (χ1v) is 8.80. The van der Waals surface area contributed by atoms with Gasteiger partial charge in [-0.05, 0) is 54.0 Å². The number of hydrogen-bond donors (Lipinski definition) is 1. The first-order valence-electron chi connectivity index (χ1n) is 7.98. The minimum absolute atomic E-state index is 0.214. The number of rotatable bonds is 5. The Morgan fingerprint density at radius 3 is 2.57 bits per heavy atom. The molecule has 3 rings (SSSR count). The van der Waals surface area contributed by atoms with Crippen LogP contribution in [0.15, 0.2) is 50.8 Å². The zero-order chi connectivity index (χ0) is 16.1. The SMILES string of the molecule is COc1ccc(Sc2ccc(/C=[N+](\O)C3CCCCC3)o2)cc1. The van der Waals surface area contributed by atoms with Crippen LogP contribution in [0.2, 0.25) is 0 Å². The van der Waals surface area contributed by atoms with E-state index in [-0.39, 0.29) is 6.04 Å². The lowest BCUT2D eigenvalue weighted by Gasteiger charge is -2.14. The topological polar surface area (TPSA) is 45.6 Å². The van der Waals surface area contributed by atoms with E-state index in [1.54, 1.807) is 25.1 Å². The van der Waals surface area contributed by atoms with Gasteiger partial charge in [0.1, 0.15) is 5.75 Å². The number of hydrogen-bond acceptors (Lipinski definition) is 4. The van der Waals surface area contributed by atoms with Crippen molar-refractivity contribution in [3.63, 3.8) is 0 Å². The van der Waals surface area contributed by atoms with Crippen LogP contribution in [-0.2, 0) is 0 Å². The Hall–Kier alpha value is -1.88. The first-order chi connectivity index (χ1) is 11.2. The van der Waals surface area contributed by atoms with Crippen molar-refractivity contribution in [3.05, 3.63) is 42.2 Å². The van der Waals surface area contributed by atoms with Crippen molar-refractivity contribution in [1.29, 1.82) is 0 Å². The van der Waals surface area contributed by atoms with Crippen LogP contribution >= 0.6 is 11.8 Å². The number of ether oxygens (including phenoxy) is 1. The van der Waals surface area contributed by atoms with Crippen LogP contribution in [0.3, 0.4) is 0 Å². The van der Waals surface area contributed by atoms with Gasteiger partial charge < -0.3 is 9.15 Å². The molecule has 1 N–H and O–H groups in total. The molecule has 0 aliphatic heterocycles. The van der Waals surface area contributed by atoms with Gasteiger partial charge in [0.25, 0.3) is 6.21 Å². The van der Waals surface area contributed by atoms with Crippen LogP contribution in [0.5, 0.6) is 5.75 Å². The number of furan rings is 1. The fraction of sp³-hybridized carbons (Fsp3) is 0.389. The molecule has 0 saturated heterocycles. The Morgan fingerprint density at radius 2 is 1.87 bits per heavy atom. The third-order valence-corrected chi connectivity index (χ3v) is 5.02. The van der Waals surface area contributed by atoms with E-state index in [4.69, 9.17) is 9.15 Å². The third-order valence-electron chi connectivity index (χ3n) is 4.09. The molecule has 23 heavy (non-hydrogen) atoms. The third kappa shape index (κ3) is 4.32. The van der Waals surface area contributed by atoms with E-state index in [0.717, 1.165) is 28.6 Å². The van der Waals surface area contributed by atoms with E-state index < -0.39 is 0 Å². The molecule has 1 fully saturated rings. The highest BCUT2D eigenvalue weighted by atomic mass is 32.2. The van der Waals surface area contributed by atoms with Crippen molar-refractivity contribution in [3.8, 4) is 5.75 Å². The summed E-state index contributed by atoms with van der Waals surface area (Å²) in [6, 6.07) is 11.9. The fourth-order valence-corrected chi connectivity index (χ4v) is 3.58. The van der Waals surface area contributed by atoms with E-state index in [0.29, 0.717) is 5.76 Å². The normalized spacial score (nSPS) is 16.5. The van der Waals surface area contributed by atoms with E-state index in [9.17, 15) is 5.21 Å². The zero-order valence-corrected chi connectivity index (χ0v) is 14.1. The molecule has 0 atom stereocenters. The Bertz CT molecular complexity index is 657. The molecular weight excluding hydrogens is 310 g/mol. The summed E-state index contributed by atoms with van der Waals surface area (Å²) in [5, 5.41) is 11.0. The molecule has 0 spiro atoms. The average Bonchev–Trinajstić information content (AvgIpc) is 3.03. The summed E-state index contributed by atoms with van der Waals surface area (Å²) in [5.41, 5.74) is 0. The maximum atomic E-state index is 10.2. The number of methoxy groups -OCH3 is 1. The van der Waals surface area contributed by atoms with Crippen LogP contribution in [0.25, 0.3) is 0 Å². The molecule has 1 aromatic heterocycles. The second-order valence-electron chi connectivity index (χ2n) is 5.74. The molecule has 2 aromatic rings. The quantitative estimate of drug-likeness (QED) is 0.376. The van der Waals surface area contributed by atoms with Gasteiger partial charge in [0.15, 0.2) is 10.9 Å². The predicted molar refractivity (Wildman–Crippen MR) is 89.9 cm³/mol. The van der Waals surface area contributed by atoms with Gasteiger partial charge in [-0.2, -0.15) is 0 Å². The molecular formula is C18H22NO3S+. The number of hydroxylamine groups is 1. The van der Waals surface area contributed by atoms with Gasteiger partial charge >= 0.3 is 0 Å². The van der Waals surface area contributed by atoms with E-state index in [1.807, 2.05) is 36.4 Å². The van der Waals surface area contributed by atoms with Crippen LogP contribution in [0, 0.1) is 0 Å². The molecule has 4 nitrogen and oxygen atoms in total. The van der Waals surface area contributed by atoms with Crippen molar-refractivity contribution in [2.75, 3.05) is 7.11 Å².